The van der Waals surface area contributed by atoms with Crippen LogP contribution in [0.1, 0.15) is 90.2 Å². The maximum atomic E-state index is 11.2. The fourth-order valence-corrected chi connectivity index (χ4v) is 5.90. The summed E-state index contributed by atoms with van der Waals surface area (Å²) in [7, 11) is 3.01. The zero-order chi connectivity index (χ0) is 29.4. The van der Waals surface area contributed by atoms with Gasteiger partial charge in [0, 0.05) is 31.8 Å². The van der Waals surface area contributed by atoms with Crippen LogP contribution >= 0.6 is 0 Å². The Hall–Kier alpha value is -1.82. The maximum absolute atomic E-state index is 11.2. The van der Waals surface area contributed by atoms with Crippen molar-refractivity contribution in [1.82, 2.24) is 4.98 Å². The van der Waals surface area contributed by atoms with Gasteiger partial charge in [-0.2, -0.15) is 0 Å². The number of oxazole rings is 1. The van der Waals surface area contributed by atoms with Gasteiger partial charge in [0.05, 0.1) is 50.4 Å². The molecule has 1 N–H and O–H groups in total. The Morgan fingerprint density at radius 3 is 2.54 bits per heavy atom. The fourth-order valence-electron chi connectivity index (χ4n) is 5.90. The molecule has 10 nitrogen and oxygen atoms in total. The molecule has 4 heterocycles. The molecule has 232 valence electrons. The monoisotopic (exact) mass is 579 g/mol. The van der Waals surface area contributed by atoms with E-state index in [1.165, 1.54) is 7.11 Å². The van der Waals surface area contributed by atoms with Crippen LogP contribution in [0.15, 0.2) is 16.2 Å². The normalized spacial score (nSPS) is 31.1. The molecule has 0 radical (unpaired) electrons. The number of epoxide rings is 1. The zero-order valence-electron chi connectivity index (χ0n) is 25.3. The SMILES string of the molecule is COC(=O)CCCCCCCCc1cnc(/C=C(\C)C[C@@H]2OC[C@H](C[C@@H]3O[C@H]3[C@@H](C)[C@H](C)O)[C@H]3OC(OC)O[C@H]32)o1. The lowest BCUT2D eigenvalue weighted by atomic mass is 9.85. The molecule has 9 atom stereocenters. The largest absolute Gasteiger partial charge is 0.469 e. The molecule has 0 amide bonds. The number of carbonyl (C=O) groups is 1. The molecule has 1 unspecified atom stereocenters. The topological polar surface area (TPSA) is 122 Å². The van der Waals surface area contributed by atoms with Crippen molar-refractivity contribution in [1.29, 1.82) is 0 Å². The first-order valence-corrected chi connectivity index (χ1v) is 15.3. The van der Waals surface area contributed by atoms with Crippen LogP contribution in [0.25, 0.3) is 6.08 Å². The number of ether oxygens (including phenoxy) is 6. The van der Waals surface area contributed by atoms with E-state index in [9.17, 15) is 9.90 Å². The van der Waals surface area contributed by atoms with Gasteiger partial charge in [-0.05, 0) is 45.6 Å². The van der Waals surface area contributed by atoms with Gasteiger partial charge in [0.25, 0.3) is 6.48 Å². The van der Waals surface area contributed by atoms with Crippen molar-refractivity contribution in [2.75, 3.05) is 20.8 Å². The smallest absolute Gasteiger partial charge is 0.305 e. The first kappa shape index (κ1) is 32.1. The molecule has 0 aromatic carbocycles. The number of unbranched alkanes of at least 4 members (excludes halogenated alkanes) is 5. The molecule has 3 aliphatic heterocycles. The number of carbonyl (C=O) groups excluding carboxylic acids is 1. The van der Waals surface area contributed by atoms with Crippen LogP contribution in [-0.2, 0) is 39.6 Å². The number of nitrogens with zero attached hydrogens (tertiary/aromatic N) is 1. The summed E-state index contributed by atoms with van der Waals surface area (Å²) in [6.45, 7) is 5.73. The van der Waals surface area contributed by atoms with Crippen LogP contribution in [0.3, 0.4) is 0 Å². The molecule has 0 bridgehead atoms. The van der Waals surface area contributed by atoms with Crippen LogP contribution in [0.2, 0.25) is 0 Å². The minimum absolute atomic E-state index is 0.0758. The van der Waals surface area contributed by atoms with E-state index in [0.29, 0.717) is 25.3 Å². The number of aliphatic hydroxyl groups excluding tert-OH is 1. The fraction of sp³-hybridized carbons (Fsp3) is 0.806. The van der Waals surface area contributed by atoms with Crippen molar-refractivity contribution >= 4 is 12.0 Å². The summed E-state index contributed by atoms with van der Waals surface area (Å²) >= 11 is 0. The van der Waals surface area contributed by atoms with Crippen molar-refractivity contribution in [3.8, 4) is 0 Å². The number of fused-ring (bicyclic) bond motifs is 1. The molecule has 41 heavy (non-hydrogen) atoms. The van der Waals surface area contributed by atoms with Crippen molar-refractivity contribution < 1.29 is 42.7 Å². The Morgan fingerprint density at radius 1 is 1.07 bits per heavy atom. The summed E-state index contributed by atoms with van der Waals surface area (Å²) in [5, 5.41) is 9.90. The number of hydrogen-bond donors (Lipinski definition) is 1. The second-order valence-electron chi connectivity index (χ2n) is 11.9. The van der Waals surface area contributed by atoms with Gasteiger partial charge in [0.1, 0.15) is 11.9 Å². The third-order valence-corrected chi connectivity index (χ3v) is 8.59. The van der Waals surface area contributed by atoms with Gasteiger partial charge in [-0.1, -0.05) is 38.2 Å². The summed E-state index contributed by atoms with van der Waals surface area (Å²) in [4.78, 5) is 15.6. The summed E-state index contributed by atoms with van der Waals surface area (Å²) in [5.41, 5.74) is 1.09. The molecule has 4 rings (SSSR count). The van der Waals surface area contributed by atoms with Gasteiger partial charge < -0.3 is 37.9 Å². The standard InChI is InChI=1S/C31H49NO9/c1-19(15-26-32-17-23(38-26)12-10-8-6-7-9-11-13-27(34)35-4)14-24-30-29(40-31(36-5)41-30)22(18-37-24)16-25-28(39-25)20(2)21(3)33/h15,17,20-22,24-25,28-31,33H,6-14,16,18H2,1-5H3/b19-15+/t20-,21-,22-,24-,25-,28-,29+,30-,31?/m0/s1. The highest BCUT2D eigenvalue weighted by Crippen LogP contribution is 2.42. The van der Waals surface area contributed by atoms with Crippen molar-refractivity contribution in [3.63, 3.8) is 0 Å². The Labute approximate surface area is 244 Å². The molecule has 1 aromatic rings. The van der Waals surface area contributed by atoms with Gasteiger partial charge in [-0.3, -0.25) is 4.79 Å². The molecule has 0 aliphatic carbocycles. The molecule has 1 aromatic heterocycles. The third-order valence-electron chi connectivity index (χ3n) is 8.59. The van der Waals surface area contributed by atoms with Crippen molar-refractivity contribution in [3.05, 3.63) is 23.4 Å². The van der Waals surface area contributed by atoms with Gasteiger partial charge in [0.15, 0.2) is 0 Å². The van der Waals surface area contributed by atoms with Crippen LogP contribution < -0.4 is 0 Å². The van der Waals surface area contributed by atoms with E-state index in [1.807, 2.05) is 19.2 Å². The predicted molar refractivity (Wildman–Crippen MR) is 151 cm³/mol. The number of aromatic nitrogens is 1. The van der Waals surface area contributed by atoms with Gasteiger partial charge >= 0.3 is 5.97 Å². The Morgan fingerprint density at radius 2 is 1.80 bits per heavy atom. The Bertz CT molecular complexity index is 979. The van der Waals surface area contributed by atoms with E-state index < -0.39 is 12.6 Å². The summed E-state index contributed by atoms with van der Waals surface area (Å²) in [5.74, 6) is 1.60. The Balaban J connectivity index is 1.20. The number of rotatable bonds is 17. The number of aryl methyl sites for hydroxylation is 1. The zero-order valence-corrected chi connectivity index (χ0v) is 25.3. The average molecular weight is 580 g/mol. The van der Waals surface area contributed by atoms with Gasteiger partial charge in [-0.15, -0.1) is 0 Å². The highest BCUT2D eigenvalue weighted by Gasteiger charge is 2.53. The maximum Gasteiger partial charge on any atom is 0.305 e. The minimum Gasteiger partial charge on any atom is -0.469 e. The molecule has 3 aliphatic rings. The predicted octanol–water partition coefficient (Wildman–Crippen LogP) is 4.82. The van der Waals surface area contributed by atoms with Crippen LogP contribution in [0.5, 0.6) is 0 Å². The second-order valence-corrected chi connectivity index (χ2v) is 11.9. The van der Waals surface area contributed by atoms with Crippen LogP contribution in [-0.4, -0.2) is 80.0 Å². The number of aliphatic hydroxyl groups is 1. The number of methoxy groups -OCH3 is 2. The number of hydrogen-bond acceptors (Lipinski definition) is 10. The van der Waals surface area contributed by atoms with Crippen LogP contribution in [0, 0.1) is 11.8 Å². The minimum atomic E-state index is -0.706. The van der Waals surface area contributed by atoms with Crippen molar-refractivity contribution in [2.24, 2.45) is 11.8 Å². The lowest BCUT2D eigenvalue weighted by Gasteiger charge is -2.37. The number of esters is 1. The van der Waals surface area contributed by atoms with E-state index in [2.05, 4.69) is 16.6 Å². The molecular formula is C31H49NO9. The highest BCUT2D eigenvalue weighted by atomic mass is 16.9. The van der Waals surface area contributed by atoms with Crippen LogP contribution in [0.4, 0.5) is 0 Å². The van der Waals surface area contributed by atoms with Crippen molar-refractivity contribution in [2.45, 2.75) is 128 Å². The van der Waals surface area contributed by atoms with Gasteiger partial charge in [0.2, 0.25) is 5.89 Å². The molecular weight excluding hydrogens is 530 g/mol. The van der Waals surface area contributed by atoms with E-state index in [0.717, 1.165) is 62.7 Å². The lowest BCUT2D eigenvalue weighted by Crippen LogP contribution is -2.48. The van der Waals surface area contributed by atoms with E-state index in [-0.39, 0.29) is 48.3 Å². The molecule has 0 saturated carbocycles. The summed E-state index contributed by atoms with van der Waals surface area (Å²) in [6.07, 6.45) is 12.3. The van der Waals surface area contributed by atoms with E-state index in [1.54, 1.807) is 14.0 Å². The summed E-state index contributed by atoms with van der Waals surface area (Å²) in [6, 6.07) is 0. The average Bonchev–Trinajstić information content (AvgIpc) is 3.34. The first-order chi connectivity index (χ1) is 19.8. The first-order valence-electron chi connectivity index (χ1n) is 15.3. The molecule has 3 fully saturated rings. The second kappa shape index (κ2) is 15.6. The molecule has 10 heteroatoms. The van der Waals surface area contributed by atoms with E-state index >= 15 is 0 Å². The summed E-state index contributed by atoms with van der Waals surface area (Å²) < 4.78 is 40.4. The quantitative estimate of drug-likeness (QED) is 0.156. The van der Waals surface area contributed by atoms with E-state index in [4.69, 9.17) is 28.1 Å². The molecule has 3 saturated heterocycles. The third kappa shape index (κ3) is 9.33. The van der Waals surface area contributed by atoms with Gasteiger partial charge in [-0.25, -0.2) is 4.98 Å². The Kier molecular flexibility index (Phi) is 12.2. The molecule has 0 spiro atoms. The highest BCUT2D eigenvalue weighted by molar-refractivity contribution is 5.68. The lowest BCUT2D eigenvalue weighted by molar-refractivity contribution is -0.231.